The van der Waals surface area contributed by atoms with Crippen LogP contribution in [0.25, 0.3) is 0 Å². The summed E-state index contributed by atoms with van der Waals surface area (Å²) in [5.74, 6) is -2.74. The Morgan fingerprint density at radius 2 is 2.06 bits per heavy atom. The summed E-state index contributed by atoms with van der Waals surface area (Å²) in [5, 5.41) is 8.83. The van der Waals surface area contributed by atoms with Crippen LogP contribution in [0.2, 0.25) is 0 Å². The van der Waals surface area contributed by atoms with Crippen LogP contribution >= 0.6 is 0 Å². The van der Waals surface area contributed by atoms with Crippen molar-refractivity contribution in [1.82, 2.24) is 4.90 Å². The van der Waals surface area contributed by atoms with Crippen LogP contribution in [0, 0.1) is 11.6 Å². The molecule has 100 valence electrons. The van der Waals surface area contributed by atoms with Crippen molar-refractivity contribution < 1.29 is 18.7 Å². The summed E-state index contributed by atoms with van der Waals surface area (Å²) >= 11 is 0. The van der Waals surface area contributed by atoms with Gasteiger partial charge >= 0.3 is 5.97 Å². The minimum absolute atomic E-state index is 0.0641. The van der Waals surface area contributed by atoms with E-state index in [4.69, 9.17) is 5.11 Å². The predicted molar refractivity (Wildman–Crippen MR) is 64.2 cm³/mol. The maximum atomic E-state index is 13.1. The zero-order valence-corrected chi connectivity index (χ0v) is 10.5. The summed E-state index contributed by atoms with van der Waals surface area (Å²) in [6, 6.07) is 3.69. The topological polar surface area (TPSA) is 40.5 Å². The molecule has 1 aromatic carbocycles. The molecule has 5 heteroatoms. The van der Waals surface area contributed by atoms with Gasteiger partial charge in [-0.3, -0.25) is 9.69 Å². The maximum Gasteiger partial charge on any atom is 0.317 e. The van der Waals surface area contributed by atoms with Gasteiger partial charge in [0.1, 0.15) is 0 Å². The molecule has 1 unspecified atom stereocenters. The van der Waals surface area contributed by atoms with Gasteiger partial charge in [-0.25, -0.2) is 8.78 Å². The molecule has 0 bridgehead atoms. The highest BCUT2D eigenvalue weighted by atomic mass is 19.2. The molecule has 18 heavy (non-hydrogen) atoms. The highest BCUT2D eigenvalue weighted by Gasteiger charge is 2.16. The number of nitrogens with zero attached hydrogens (tertiary/aromatic N) is 1. The Morgan fingerprint density at radius 3 is 2.56 bits per heavy atom. The number of halogens is 2. The molecule has 0 saturated carbocycles. The van der Waals surface area contributed by atoms with Crippen LogP contribution < -0.4 is 0 Å². The molecule has 0 aliphatic rings. The van der Waals surface area contributed by atoms with E-state index in [1.54, 1.807) is 4.90 Å². The third-order valence-corrected chi connectivity index (χ3v) is 2.92. The monoisotopic (exact) mass is 257 g/mol. The third kappa shape index (κ3) is 4.07. The molecule has 0 saturated heterocycles. The molecular formula is C13H17F2NO2. The first-order valence-electron chi connectivity index (χ1n) is 5.83. The van der Waals surface area contributed by atoms with Crippen LogP contribution in [0.15, 0.2) is 18.2 Å². The molecule has 0 heterocycles. The van der Waals surface area contributed by atoms with Crippen molar-refractivity contribution in [3.05, 3.63) is 35.4 Å². The third-order valence-electron chi connectivity index (χ3n) is 2.92. The standard InChI is InChI=1S/C13H17F2NO2/c1-3-9(2)16(8-13(17)18)7-10-4-5-11(14)12(15)6-10/h4-6,9H,3,7-8H2,1-2H3,(H,17,18). The Morgan fingerprint density at radius 1 is 1.39 bits per heavy atom. The number of carboxylic acid groups (broad SMARTS) is 1. The fraction of sp³-hybridized carbons (Fsp3) is 0.462. The number of carboxylic acids is 1. The highest BCUT2D eigenvalue weighted by Crippen LogP contribution is 2.13. The quantitative estimate of drug-likeness (QED) is 0.851. The van der Waals surface area contributed by atoms with E-state index in [2.05, 4.69) is 0 Å². The maximum absolute atomic E-state index is 13.1. The Hall–Kier alpha value is -1.49. The van der Waals surface area contributed by atoms with Crippen molar-refractivity contribution in [2.45, 2.75) is 32.9 Å². The van der Waals surface area contributed by atoms with Crippen molar-refractivity contribution in [3.63, 3.8) is 0 Å². The second-order valence-electron chi connectivity index (χ2n) is 4.30. The lowest BCUT2D eigenvalue weighted by Gasteiger charge is -2.26. The van der Waals surface area contributed by atoms with E-state index >= 15 is 0 Å². The van der Waals surface area contributed by atoms with Crippen LogP contribution in [0.1, 0.15) is 25.8 Å². The lowest BCUT2D eigenvalue weighted by Crippen LogP contribution is -2.36. The summed E-state index contributed by atoms with van der Waals surface area (Å²) in [5.41, 5.74) is 0.565. The number of rotatable bonds is 6. The Balaban J connectivity index is 2.81. The first-order chi connectivity index (χ1) is 8.43. The molecule has 0 aliphatic carbocycles. The molecule has 0 aromatic heterocycles. The molecular weight excluding hydrogens is 240 g/mol. The molecule has 1 N–H and O–H groups in total. The fourth-order valence-electron chi connectivity index (χ4n) is 1.67. The minimum Gasteiger partial charge on any atom is -0.480 e. The number of carbonyl (C=O) groups is 1. The number of hydrogen-bond acceptors (Lipinski definition) is 2. The first kappa shape index (κ1) is 14.6. The van der Waals surface area contributed by atoms with Crippen molar-refractivity contribution in [2.75, 3.05) is 6.54 Å². The van der Waals surface area contributed by atoms with E-state index in [1.165, 1.54) is 6.07 Å². The SMILES string of the molecule is CCC(C)N(CC(=O)O)Cc1ccc(F)c(F)c1. The van der Waals surface area contributed by atoms with Gasteiger partial charge in [0.25, 0.3) is 0 Å². The summed E-state index contributed by atoms with van der Waals surface area (Å²) < 4.78 is 25.9. The minimum atomic E-state index is -0.933. The molecule has 0 amide bonds. The molecule has 0 radical (unpaired) electrons. The normalized spacial score (nSPS) is 12.7. The van der Waals surface area contributed by atoms with Gasteiger partial charge < -0.3 is 5.11 Å². The van der Waals surface area contributed by atoms with E-state index in [9.17, 15) is 13.6 Å². The molecule has 1 aromatic rings. The number of aliphatic carboxylic acids is 1. The van der Waals surface area contributed by atoms with Crippen LogP contribution in [0.4, 0.5) is 8.78 Å². The van der Waals surface area contributed by atoms with E-state index < -0.39 is 17.6 Å². The second kappa shape index (κ2) is 6.44. The smallest absolute Gasteiger partial charge is 0.317 e. The molecule has 3 nitrogen and oxygen atoms in total. The predicted octanol–water partition coefficient (Wildman–Crippen LogP) is 2.65. The Labute approximate surface area is 105 Å². The van der Waals surface area contributed by atoms with Gasteiger partial charge in [0.05, 0.1) is 6.54 Å². The van der Waals surface area contributed by atoms with Gasteiger partial charge in [0, 0.05) is 12.6 Å². The highest BCUT2D eigenvalue weighted by molar-refractivity contribution is 5.69. The number of hydrogen-bond donors (Lipinski definition) is 1. The molecule has 1 atom stereocenters. The Bertz CT molecular complexity index is 423. The van der Waals surface area contributed by atoms with Crippen molar-refractivity contribution in [2.24, 2.45) is 0 Å². The van der Waals surface area contributed by atoms with Crippen LogP contribution in [0.3, 0.4) is 0 Å². The van der Waals surface area contributed by atoms with Gasteiger partial charge in [-0.1, -0.05) is 13.0 Å². The van der Waals surface area contributed by atoms with Gasteiger partial charge in [0.15, 0.2) is 11.6 Å². The van der Waals surface area contributed by atoms with E-state index in [0.717, 1.165) is 18.6 Å². The summed E-state index contributed by atoms with van der Waals surface area (Å²) in [6.07, 6.45) is 0.789. The zero-order chi connectivity index (χ0) is 13.7. The van der Waals surface area contributed by atoms with Crippen molar-refractivity contribution >= 4 is 5.97 Å². The van der Waals surface area contributed by atoms with Crippen LogP contribution in [-0.4, -0.2) is 28.6 Å². The van der Waals surface area contributed by atoms with Crippen molar-refractivity contribution in [3.8, 4) is 0 Å². The largest absolute Gasteiger partial charge is 0.480 e. The fourth-order valence-corrected chi connectivity index (χ4v) is 1.67. The van der Waals surface area contributed by atoms with Crippen molar-refractivity contribution in [1.29, 1.82) is 0 Å². The summed E-state index contributed by atoms with van der Waals surface area (Å²) in [7, 11) is 0. The summed E-state index contributed by atoms with van der Waals surface area (Å²) in [6.45, 7) is 4.03. The second-order valence-corrected chi connectivity index (χ2v) is 4.30. The van der Waals surface area contributed by atoms with E-state index in [1.807, 2.05) is 13.8 Å². The van der Waals surface area contributed by atoms with Crippen LogP contribution in [0.5, 0.6) is 0 Å². The first-order valence-corrected chi connectivity index (χ1v) is 5.83. The van der Waals surface area contributed by atoms with Crippen LogP contribution in [-0.2, 0) is 11.3 Å². The number of benzene rings is 1. The van der Waals surface area contributed by atoms with E-state index in [-0.39, 0.29) is 12.6 Å². The lowest BCUT2D eigenvalue weighted by molar-refractivity contribution is -0.139. The molecule has 0 fully saturated rings. The van der Waals surface area contributed by atoms with Gasteiger partial charge in [-0.05, 0) is 31.0 Å². The lowest BCUT2D eigenvalue weighted by atomic mass is 10.1. The average molecular weight is 257 g/mol. The average Bonchev–Trinajstić information content (AvgIpc) is 2.31. The molecule has 0 spiro atoms. The molecule has 0 aliphatic heterocycles. The summed E-state index contributed by atoms with van der Waals surface area (Å²) in [4.78, 5) is 12.5. The van der Waals surface area contributed by atoms with Gasteiger partial charge in [0.2, 0.25) is 0 Å². The van der Waals surface area contributed by atoms with Gasteiger partial charge in [-0.2, -0.15) is 0 Å². The zero-order valence-electron chi connectivity index (χ0n) is 10.5. The Kier molecular flexibility index (Phi) is 5.22. The van der Waals surface area contributed by atoms with E-state index in [0.29, 0.717) is 12.1 Å². The van der Waals surface area contributed by atoms with Gasteiger partial charge in [-0.15, -0.1) is 0 Å². The molecule has 1 rings (SSSR count).